The van der Waals surface area contributed by atoms with Crippen molar-refractivity contribution >= 4 is 22.5 Å². The van der Waals surface area contributed by atoms with Crippen molar-refractivity contribution in [2.45, 2.75) is 26.2 Å². The van der Waals surface area contributed by atoms with Crippen LogP contribution in [0.5, 0.6) is 0 Å². The van der Waals surface area contributed by atoms with Crippen LogP contribution >= 0.6 is 11.6 Å². The van der Waals surface area contributed by atoms with Gasteiger partial charge in [0.25, 0.3) is 0 Å². The summed E-state index contributed by atoms with van der Waals surface area (Å²) in [5.41, 5.74) is 2.41. The highest BCUT2D eigenvalue weighted by molar-refractivity contribution is 6.31. The van der Waals surface area contributed by atoms with E-state index in [2.05, 4.69) is 13.1 Å². The number of halogens is 1. The normalized spacial score (nSPS) is 15.4. The first-order valence-electron chi connectivity index (χ1n) is 6.20. The Balaban J connectivity index is 1.98. The highest BCUT2D eigenvalue weighted by atomic mass is 35.5. The van der Waals surface area contributed by atoms with Gasteiger partial charge < -0.3 is 4.84 Å². The Hall–Kier alpha value is -1.15. The third kappa shape index (κ3) is 2.14. The lowest BCUT2D eigenvalue weighted by Crippen LogP contribution is -2.12. The zero-order valence-electron chi connectivity index (χ0n) is 9.95. The molecule has 0 radical (unpaired) electrons. The van der Waals surface area contributed by atoms with Crippen molar-refractivity contribution in [2.75, 3.05) is 6.61 Å². The van der Waals surface area contributed by atoms with Gasteiger partial charge in [0.05, 0.1) is 5.52 Å². The summed E-state index contributed by atoms with van der Waals surface area (Å²) in [7, 11) is 0. The van der Waals surface area contributed by atoms with Gasteiger partial charge in [-0.05, 0) is 48.9 Å². The first-order chi connectivity index (χ1) is 8.28. The largest absolute Gasteiger partial charge is 0.414 e. The molecule has 0 amide bonds. The van der Waals surface area contributed by atoms with E-state index in [0.717, 1.165) is 29.5 Å². The van der Waals surface area contributed by atoms with E-state index < -0.39 is 0 Å². The monoisotopic (exact) mass is 249 g/mol. The minimum absolute atomic E-state index is 0.768. The molecule has 1 aliphatic rings. The molecule has 1 aliphatic carbocycles. The van der Waals surface area contributed by atoms with Crippen molar-refractivity contribution in [1.82, 2.24) is 4.73 Å². The molecular formula is C14H16ClNO. The smallest absolute Gasteiger partial charge is 0.117 e. The Morgan fingerprint density at radius 3 is 2.94 bits per heavy atom. The maximum atomic E-state index is 6.04. The molecule has 3 heteroatoms. The lowest BCUT2D eigenvalue weighted by atomic mass is 10.1. The number of hydrogen-bond donors (Lipinski definition) is 0. The Bertz CT molecular complexity index is 542. The lowest BCUT2D eigenvalue weighted by Gasteiger charge is -2.06. The molecule has 0 unspecified atom stereocenters. The molecule has 0 aliphatic heterocycles. The van der Waals surface area contributed by atoms with Crippen LogP contribution in [0.3, 0.4) is 0 Å². The van der Waals surface area contributed by atoms with Crippen LogP contribution < -0.4 is 4.84 Å². The van der Waals surface area contributed by atoms with Crippen molar-refractivity contribution in [1.29, 1.82) is 0 Å². The maximum Gasteiger partial charge on any atom is 0.117 e. The second-order valence-corrected chi connectivity index (χ2v) is 5.17. The fourth-order valence-corrected chi connectivity index (χ4v) is 2.27. The number of nitrogens with zero attached hydrogens (tertiary/aromatic N) is 1. The van der Waals surface area contributed by atoms with Crippen LogP contribution in [0.2, 0.25) is 5.02 Å². The van der Waals surface area contributed by atoms with Crippen molar-refractivity contribution in [2.24, 2.45) is 5.92 Å². The minimum Gasteiger partial charge on any atom is -0.414 e. The Kier molecular flexibility index (Phi) is 2.75. The van der Waals surface area contributed by atoms with Crippen LogP contribution in [0.15, 0.2) is 24.4 Å². The molecule has 3 rings (SSSR count). The van der Waals surface area contributed by atoms with Crippen molar-refractivity contribution in [3.05, 3.63) is 35.0 Å². The van der Waals surface area contributed by atoms with E-state index in [-0.39, 0.29) is 0 Å². The molecule has 2 aromatic rings. The molecule has 17 heavy (non-hydrogen) atoms. The number of benzene rings is 1. The summed E-state index contributed by atoms with van der Waals surface area (Å²) in [4.78, 5) is 5.84. The summed E-state index contributed by atoms with van der Waals surface area (Å²) < 4.78 is 1.91. The van der Waals surface area contributed by atoms with Crippen LogP contribution in [0, 0.1) is 5.92 Å². The van der Waals surface area contributed by atoms with E-state index in [9.17, 15) is 0 Å². The maximum absolute atomic E-state index is 6.04. The van der Waals surface area contributed by atoms with Gasteiger partial charge in [-0.25, -0.2) is 0 Å². The fraction of sp³-hybridized carbons (Fsp3) is 0.429. The van der Waals surface area contributed by atoms with E-state index in [0.29, 0.717) is 0 Å². The molecule has 0 N–H and O–H groups in total. The van der Waals surface area contributed by atoms with E-state index >= 15 is 0 Å². The molecular weight excluding hydrogens is 234 g/mol. The number of fused-ring (bicyclic) bond motifs is 1. The number of rotatable bonds is 4. The highest BCUT2D eigenvalue weighted by Gasteiger charge is 2.22. The first-order valence-corrected chi connectivity index (χ1v) is 6.58. The Morgan fingerprint density at radius 2 is 2.24 bits per heavy atom. The average molecular weight is 250 g/mol. The second kappa shape index (κ2) is 4.26. The molecule has 0 atom stereocenters. The zero-order valence-corrected chi connectivity index (χ0v) is 10.7. The highest BCUT2D eigenvalue weighted by Crippen LogP contribution is 2.29. The molecule has 1 aromatic carbocycles. The molecule has 1 aromatic heterocycles. The van der Waals surface area contributed by atoms with Crippen LogP contribution in [-0.2, 0) is 6.42 Å². The van der Waals surface area contributed by atoms with Gasteiger partial charge in [0.15, 0.2) is 0 Å². The standard InChI is InChI=1S/C14H16ClNO/c1-2-11-8-16(17-9-10-3-4-10)14-6-5-12(15)7-13(11)14/h5-8,10H,2-4,9H2,1H3. The van der Waals surface area contributed by atoms with Gasteiger partial charge in [0.2, 0.25) is 0 Å². The first kappa shape index (κ1) is 11.0. The average Bonchev–Trinajstić information content (AvgIpc) is 3.09. The topological polar surface area (TPSA) is 14.2 Å². The van der Waals surface area contributed by atoms with E-state index in [1.54, 1.807) is 0 Å². The minimum atomic E-state index is 0.768. The fourth-order valence-electron chi connectivity index (χ4n) is 2.10. The Labute approximate surface area is 106 Å². The predicted molar refractivity (Wildman–Crippen MR) is 70.5 cm³/mol. The van der Waals surface area contributed by atoms with Gasteiger partial charge in [-0.15, -0.1) is 0 Å². The lowest BCUT2D eigenvalue weighted by molar-refractivity contribution is 0.111. The molecule has 1 fully saturated rings. The molecule has 1 saturated carbocycles. The van der Waals surface area contributed by atoms with Gasteiger partial charge in [0.1, 0.15) is 6.61 Å². The predicted octanol–water partition coefficient (Wildman–Crippen LogP) is 3.70. The summed E-state index contributed by atoms with van der Waals surface area (Å²) in [6, 6.07) is 5.97. The quantitative estimate of drug-likeness (QED) is 0.806. The van der Waals surface area contributed by atoms with Gasteiger partial charge in [0, 0.05) is 16.6 Å². The van der Waals surface area contributed by atoms with Gasteiger partial charge in [-0.2, -0.15) is 4.73 Å². The zero-order chi connectivity index (χ0) is 11.8. The van der Waals surface area contributed by atoms with Crippen molar-refractivity contribution in [3.8, 4) is 0 Å². The van der Waals surface area contributed by atoms with Crippen LogP contribution in [-0.4, -0.2) is 11.3 Å². The summed E-state index contributed by atoms with van der Waals surface area (Å²) in [5, 5.41) is 1.99. The molecule has 2 nitrogen and oxygen atoms in total. The van der Waals surface area contributed by atoms with Crippen LogP contribution in [0.1, 0.15) is 25.3 Å². The second-order valence-electron chi connectivity index (χ2n) is 4.73. The SMILES string of the molecule is CCc1cn(OCC2CC2)c2ccc(Cl)cc12. The van der Waals surface area contributed by atoms with Gasteiger partial charge >= 0.3 is 0 Å². The molecule has 0 spiro atoms. The third-order valence-electron chi connectivity index (χ3n) is 3.34. The van der Waals surface area contributed by atoms with E-state index in [4.69, 9.17) is 16.4 Å². The van der Waals surface area contributed by atoms with Gasteiger partial charge in [-0.1, -0.05) is 18.5 Å². The summed E-state index contributed by atoms with van der Waals surface area (Å²) in [6.45, 7) is 2.98. The number of aromatic nitrogens is 1. The summed E-state index contributed by atoms with van der Waals surface area (Å²) in [6.07, 6.45) is 5.71. The molecule has 0 saturated heterocycles. The summed E-state index contributed by atoms with van der Waals surface area (Å²) >= 11 is 6.04. The molecule has 1 heterocycles. The number of hydrogen-bond acceptors (Lipinski definition) is 1. The number of aryl methyl sites for hydroxylation is 1. The van der Waals surface area contributed by atoms with Crippen molar-refractivity contribution in [3.63, 3.8) is 0 Å². The van der Waals surface area contributed by atoms with Crippen molar-refractivity contribution < 1.29 is 4.84 Å². The Morgan fingerprint density at radius 1 is 1.41 bits per heavy atom. The van der Waals surface area contributed by atoms with Crippen LogP contribution in [0.25, 0.3) is 10.9 Å². The molecule has 90 valence electrons. The van der Waals surface area contributed by atoms with E-state index in [1.165, 1.54) is 23.8 Å². The van der Waals surface area contributed by atoms with Crippen LogP contribution in [0.4, 0.5) is 0 Å². The molecule has 0 bridgehead atoms. The third-order valence-corrected chi connectivity index (χ3v) is 3.58. The van der Waals surface area contributed by atoms with Gasteiger partial charge in [-0.3, -0.25) is 0 Å². The van der Waals surface area contributed by atoms with E-state index in [1.807, 2.05) is 22.9 Å². The summed E-state index contributed by atoms with van der Waals surface area (Å²) in [5.74, 6) is 0.768.